The first kappa shape index (κ1) is 21.3. The van der Waals surface area contributed by atoms with Gasteiger partial charge in [0.1, 0.15) is 12.0 Å². The number of anilines is 1. The van der Waals surface area contributed by atoms with Crippen LogP contribution in [0.3, 0.4) is 0 Å². The molecule has 1 amide bonds. The highest BCUT2D eigenvalue weighted by molar-refractivity contribution is 5.85. The van der Waals surface area contributed by atoms with Crippen LogP contribution < -0.4 is 10.6 Å². The van der Waals surface area contributed by atoms with Crippen LogP contribution in [-0.4, -0.2) is 69.1 Å². The van der Waals surface area contributed by atoms with Crippen LogP contribution in [0.4, 0.5) is 5.82 Å². The van der Waals surface area contributed by atoms with Gasteiger partial charge in [-0.15, -0.1) is 0 Å². The Kier molecular flexibility index (Phi) is 5.52. The van der Waals surface area contributed by atoms with Crippen molar-refractivity contribution in [1.29, 1.82) is 0 Å². The zero-order chi connectivity index (χ0) is 23.1. The van der Waals surface area contributed by atoms with Gasteiger partial charge in [-0.3, -0.25) is 9.69 Å². The number of aromatic nitrogens is 3. The Bertz CT molecular complexity index is 1260. The Morgan fingerprint density at radius 2 is 2.09 bits per heavy atom. The van der Waals surface area contributed by atoms with Crippen molar-refractivity contribution in [2.24, 2.45) is 0 Å². The maximum absolute atomic E-state index is 11.7. The summed E-state index contributed by atoms with van der Waals surface area (Å²) in [6, 6.07) is 11.0. The van der Waals surface area contributed by atoms with Crippen LogP contribution in [0.5, 0.6) is 0 Å². The number of morpholine rings is 1. The summed E-state index contributed by atoms with van der Waals surface area (Å²) < 4.78 is 7.28. The predicted octanol–water partition coefficient (Wildman–Crippen LogP) is 2.02. The van der Waals surface area contributed by atoms with Crippen LogP contribution in [0.1, 0.15) is 30.4 Å². The number of nitrogens with one attached hydrogen (secondary N) is 2. The molecule has 3 aliphatic rings. The highest BCUT2D eigenvalue weighted by Gasteiger charge is 2.26. The maximum Gasteiger partial charge on any atom is 0.226 e. The third-order valence-electron chi connectivity index (χ3n) is 6.52. The van der Waals surface area contributed by atoms with E-state index in [9.17, 15) is 9.90 Å². The molecule has 1 saturated carbocycles. The summed E-state index contributed by atoms with van der Waals surface area (Å²) in [6.45, 7) is 4.34. The number of amides is 1. The van der Waals surface area contributed by atoms with E-state index in [1.807, 2.05) is 10.6 Å². The molecular weight excluding hydrogens is 432 g/mol. The minimum absolute atomic E-state index is 0.176. The molecule has 0 radical (unpaired) electrons. The van der Waals surface area contributed by atoms with Gasteiger partial charge in [-0.25, -0.2) is 4.98 Å². The van der Waals surface area contributed by atoms with Gasteiger partial charge >= 0.3 is 0 Å². The molecule has 3 N–H and O–H groups in total. The molecule has 9 heteroatoms. The molecule has 34 heavy (non-hydrogen) atoms. The van der Waals surface area contributed by atoms with Gasteiger partial charge in [0.15, 0.2) is 5.65 Å². The van der Waals surface area contributed by atoms with Crippen molar-refractivity contribution in [2.45, 2.75) is 38.1 Å². The first-order chi connectivity index (χ1) is 16.6. The second kappa shape index (κ2) is 8.83. The van der Waals surface area contributed by atoms with Gasteiger partial charge in [0.2, 0.25) is 5.91 Å². The van der Waals surface area contributed by atoms with Crippen molar-refractivity contribution in [1.82, 2.24) is 24.8 Å². The molecular formula is C25H28N6O3. The van der Waals surface area contributed by atoms with Crippen LogP contribution in [0, 0.1) is 0 Å². The van der Waals surface area contributed by atoms with E-state index in [0.29, 0.717) is 17.3 Å². The molecule has 3 aromatic rings. The monoisotopic (exact) mass is 460 g/mol. The fourth-order valence-electron chi connectivity index (χ4n) is 4.52. The van der Waals surface area contributed by atoms with E-state index in [4.69, 9.17) is 9.72 Å². The average molecular weight is 461 g/mol. The minimum Gasteiger partial charge on any atom is -0.379 e. The summed E-state index contributed by atoms with van der Waals surface area (Å²) in [7, 11) is 0. The third kappa shape index (κ3) is 4.42. The Hall–Kier alpha value is -3.27. The molecule has 4 heterocycles. The van der Waals surface area contributed by atoms with Gasteiger partial charge in [-0.05, 0) is 36.1 Å². The summed E-state index contributed by atoms with van der Waals surface area (Å²) in [4.78, 5) is 19.1. The molecule has 6 rings (SSSR count). The lowest BCUT2D eigenvalue weighted by molar-refractivity contribution is -0.120. The van der Waals surface area contributed by atoms with Crippen LogP contribution in [0.15, 0.2) is 42.1 Å². The quantitative estimate of drug-likeness (QED) is 0.517. The second-order valence-corrected chi connectivity index (χ2v) is 9.24. The molecule has 9 nitrogen and oxygen atoms in total. The van der Waals surface area contributed by atoms with E-state index in [1.165, 1.54) is 5.56 Å². The van der Waals surface area contributed by atoms with Gasteiger partial charge in [0.05, 0.1) is 31.5 Å². The van der Waals surface area contributed by atoms with Crippen molar-refractivity contribution in [3.05, 3.63) is 53.2 Å². The number of hydrogen-bond donors (Lipinski definition) is 3. The van der Waals surface area contributed by atoms with E-state index >= 15 is 0 Å². The fraction of sp³-hybridized carbons (Fsp3) is 0.400. The Morgan fingerprint density at radius 1 is 1.24 bits per heavy atom. The first-order valence-corrected chi connectivity index (χ1v) is 11.8. The lowest BCUT2D eigenvalue weighted by Crippen LogP contribution is -2.35. The molecule has 176 valence electrons. The summed E-state index contributed by atoms with van der Waals surface area (Å²) in [6.07, 6.45) is 5.05. The van der Waals surface area contributed by atoms with Crippen molar-refractivity contribution in [3.8, 4) is 11.3 Å². The van der Waals surface area contributed by atoms with Gasteiger partial charge in [0, 0.05) is 42.9 Å². The summed E-state index contributed by atoms with van der Waals surface area (Å²) in [5, 5.41) is 20.8. The number of aliphatic hydroxyl groups excluding tert-OH is 1. The van der Waals surface area contributed by atoms with Gasteiger partial charge < -0.3 is 20.5 Å². The zero-order valence-electron chi connectivity index (χ0n) is 18.9. The number of carbonyl (C=O) groups is 1. The second-order valence-electron chi connectivity index (χ2n) is 9.24. The van der Waals surface area contributed by atoms with Crippen LogP contribution >= 0.6 is 0 Å². The van der Waals surface area contributed by atoms with Gasteiger partial charge in [0.25, 0.3) is 0 Å². The zero-order valence-corrected chi connectivity index (χ0v) is 18.9. The Balaban J connectivity index is 1.38. The normalized spacial score (nSPS) is 22.4. The van der Waals surface area contributed by atoms with Gasteiger partial charge in [-0.1, -0.05) is 18.2 Å². The van der Waals surface area contributed by atoms with Crippen LogP contribution in [-0.2, 0) is 16.1 Å². The number of carbonyl (C=O) groups excluding carboxylic acids is 1. The Morgan fingerprint density at radius 3 is 2.85 bits per heavy atom. The third-order valence-corrected chi connectivity index (χ3v) is 6.52. The van der Waals surface area contributed by atoms with Crippen LogP contribution in [0.2, 0.25) is 0 Å². The average Bonchev–Trinajstić information content (AvgIpc) is 3.48. The molecule has 0 bridgehead atoms. The number of rotatable bonds is 6. The smallest absolute Gasteiger partial charge is 0.226 e. The van der Waals surface area contributed by atoms with Crippen molar-refractivity contribution >= 4 is 23.4 Å². The predicted molar refractivity (Wildman–Crippen MR) is 128 cm³/mol. The molecule has 2 aromatic heterocycles. The Labute approximate surface area is 197 Å². The minimum atomic E-state index is -0.966. The number of fused-ring (bicyclic) bond motifs is 1. The molecule has 1 aliphatic carbocycles. The van der Waals surface area contributed by atoms with Crippen molar-refractivity contribution in [3.63, 3.8) is 0 Å². The maximum atomic E-state index is 11.7. The first-order valence-electron chi connectivity index (χ1n) is 11.8. The summed E-state index contributed by atoms with van der Waals surface area (Å²) >= 11 is 0. The molecule has 0 spiro atoms. The van der Waals surface area contributed by atoms with E-state index in [2.05, 4.69) is 51.0 Å². The number of hydrogen-bond acceptors (Lipinski definition) is 7. The van der Waals surface area contributed by atoms with E-state index in [0.717, 1.165) is 68.3 Å². The lowest BCUT2D eigenvalue weighted by Gasteiger charge is -2.26. The van der Waals surface area contributed by atoms with E-state index in [-0.39, 0.29) is 12.3 Å². The molecule has 3 fully saturated rings. The molecule has 1 aromatic carbocycles. The lowest BCUT2D eigenvalue weighted by atomic mass is 10.1. The number of nitrogens with zero attached hydrogens (tertiary/aromatic N) is 4. The number of aliphatic hydroxyl groups is 1. The standard InChI is InChI=1S/C25H28N6O3/c32-23-12-18(25(33)29-23)11-19-14-26-31-22(27-20-4-5-20)13-21(28-24(19)31)17-3-1-2-16(10-17)15-30-6-8-34-9-7-30/h1-3,10-11,13-14,20,25,27,33H,4-9,12,15H2,(H,29,32). The van der Waals surface area contributed by atoms with Crippen molar-refractivity contribution < 1.29 is 14.6 Å². The topological polar surface area (TPSA) is 104 Å². The fourth-order valence-corrected chi connectivity index (χ4v) is 4.52. The molecule has 2 saturated heterocycles. The summed E-state index contributed by atoms with van der Waals surface area (Å²) in [5.74, 6) is 0.712. The highest BCUT2D eigenvalue weighted by Crippen LogP contribution is 2.30. The number of ether oxygens (including phenoxy) is 1. The van der Waals surface area contributed by atoms with Crippen LogP contribution in [0.25, 0.3) is 23.0 Å². The SMILES string of the molecule is O=C1CC(=Cc2cnn3c(NC4CC4)cc(-c4cccc(CN5CCOCC5)c4)nc23)C(O)N1. The van der Waals surface area contributed by atoms with E-state index < -0.39 is 6.23 Å². The number of benzene rings is 1. The largest absolute Gasteiger partial charge is 0.379 e. The molecule has 1 unspecified atom stereocenters. The highest BCUT2D eigenvalue weighted by atomic mass is 16.5. The summed E-state index contributed by atoms with van der Waals surface area (Å²) in [5.41, 5.74) is 5.24. The molecule has 1 atom stereocenters. The van der Waals surface area contributed by atoms with E-state index in [1.54, 1.807) is 6.20 Å². The van der Waals surface area contributed by atoms with Crippen molar-refractivity contribution in [2.75, 3.05) is 31.6 Å². The van der Waals surface area contributed by atoms with Gasteiger partial charge in [-0.2, -0.15) is 9.61 Å². The molecule has 2 aliphatic heterocycles.